The number of Topliss-reactive ketones (excluding diaryl/α,β-unsaturated/α-hetero) is 1. The lowest BCUT2D eigenvalue weighted by atomic mass is 10.1. The molecule has 0 heterocycles. The molecule has 9 heteroatoms. The van der Waals surface area contributed by atoms with Crippen LogP contribution >= 0.6 is 0 Å². The highest BCUT2D eigenvalue weighted by Gasteiger charge is 2.29. The first kappa shape index (κ1) is 51.2. The van der Waals surface area contributed by atoms with Crippen LogP contribution in [0.15, 0.2) is 48.5 Å². The van der Waals surface area contributed by atoms with E-state index in [2.05, 4.69) is 100 Å². The minimum absolute atomic E-state index is 0.0284. The summed E-state index contributed by atoms with van der Waals surface area (Å²) in [6, 6.07) is 27.2. The maximum Gasteiger partial charge on any atom is 0.338 e. The molecule has 2 aromatic carbocycles. The summed E-state index contributed by atoms with van der Waals surface area (Å²) >= 11 is 0. The molecule has 2 rings (SSSR count). The van der Waals surface area contributed by atoms with Crippen molar-refractivity contribution in [3.8, 4) is 0 Å². The third kappa shape index (κ3) is 22.1. The van der Waals surface area contributed by atoms with Crippen molar-refractivity contribution in [1.29, 1.82) is 0 Å². The summed E-state index contributed by atoms with van der Waals surface area (Å²) in [7, 11) is -1.29. The first-order chi connectivity index (χ1) is 24.4. The van der Waals surface area contributed by atoms with Crippen LogP contribution in [0.3, 0.4) is 0 Å². The van der Waals surface area contributed by atoms with Crippen LogP contribution in [0.25, 0.3) is 0 Å². The number of aryl methyl sites for hydroxylation is 1. The lowest BCUT2D eigenvalue weighted by Crippen LogP contribution is -2.35. The van der Waals surface area contributed by atoms with Crippen LogP contribution < -0.4 is 0 Å². The quantitative estimate of drug-likeness (QED) is 0.0546. The van der Waals surface area contributed by atoms with Gasteiger partial charge in [-0.15, -0.1) is 0 Å². The summed E-state index contributed by atoms with van der Waals surface area (Å²) in [5.74, 6) is -0.438. The fourth-order valence-corrected chi connectivity index (χ4v) is 12.6. The Bertz CT molecular complexity index is 1090. The SMILES string of the molecule is CCCO[Si](CC)(CC)CC.CC[SiH](CC)CC.CCc1ccc(CO[Si](CC)(CC)CC)cc1.COCCOC(=O)c1ccc(C(C)=O)cc1. The van der Waals surface area contributed by atoms with Crippen molar-refractivity contribution < 1.29 is 27.9 Å². The van der Waals surface area contributed by atoms with Crippen molar-refractivity contribution in [2.45, 2.75) is 157 Å². The molecule has 0 unspecified atom stereocenters. The maximum atomic E-state index is 11.4. The number of esters is 1. The average molecular weight is 763 g/mol. The van der Waals surface area contributed by atoms with Crippen molar-refractivity contribution in [1.82, 2.24) is 0 Å². The fraction of sp³-hybridized carbons (Fsp3) is 0.667. The Morgan fingerprint density at radius 3 is 1.35 bits per heavy atom. The van der Waals surface area contributed by atoms with E-state index in [4.69, 9.17) is 18.3 Å². The molecule has 0 bridgehead atoms. The van der Waals surface area contributed by atoms with Gasteiger partial charge in [0.25, 0.3) is 0 Å². The van der Waals surface area contributed by atoms with Gasteiger partial charge in [-0.05, 0) is 79.3 Å². The van der Waals surface area contributed by atoms with Crippen molar-refractivity contribution in [3.63, 3.8) is 0 Å². The van der Waals surface area contributed by atoms with Crippen LogP contribution in [0, 0.1) is 0 Å². The summed E-state index contributed by atoms with van der Waals surface area (Å²) in [5.41, 5.74) is 3.72. The minimum Gasteiger partial charge on any atom is -0.460 e. The molecule has 0 aliphatic carbocycles. The molecule has 0 radical (unpaired) electrons. The first-order valence-corrected chi connectivity index (χ1v) is 27.6. The highest BCUT2D eigenvalue weighted by molar-refractivity contribution is 6.74. The zero-order chi connectivity index (χ0) is 39.1. The van der Waals surface area contributed by atoms with E-state index >= 15 is 0 Å². The largest absolute Gasteiger partial charge is 0.460 e. The molecule has 0 spiro atoms. The van der Waals surface area contributed by atoms with Crippen LogP contribution in [-0.2, 0) is 31.4 Å². The van der Waals surface area contributed by atoms with Gasteiger partial charge < -0.3 is 18.3 Å². The van der Waals surface area contributed by atoms with Gasteiger partial charge >= 0.3 is 5.97 Å². The maximum absolute atomic E-state index is 11.4. The van der Waals surface area contributed by atoms with E-state index in [1.54, 1.807) is 24.3 Å². The molecule has 6 nitrogen and oxygen atoms in total. The zero-order valence-corrected chi connectivity index (χ0v) is 38.4. The van der Waals surface area contributed by atoms with Gasteiger partial charge in [-0.25, -0.2) is 4.79 Å². The molecule has 0 saturated carbocycles. The third-order valence-corrected chi connectivity index (χ3v) is 23.0. The molecule has 0 fully saturated rings. The summed E-state index contributed by atoms with van der Waals surface area (Å²) in [6.07, 6.45) is 2.27. The van der Waals surface area contributed by atoms with Crippen LogP contribution in [0.5, 0.6) is 0 Å². The Hall–Kier alpha value is -1.89. The van der Waals surface area contributed by atoms with E-state index in [1.165, 1.54) is 79.6 Å². The Morgan fingerprint density at radius 1 is 0.569 bits per heavy atom. The smallest absolute Gasteiger partial charge is 0.338 e. The van der Waals surface area contributed by atoms with E-state index in [1.807, 2.05) is 0 Å². The third-order valence-electron chi connectivity index (χ3n) is 10.2. The summed E-state index contributed by atoms with van der Waals surface area (Å²) < 4.78 is 21.9. The van der Waals surface area contributed by atoms with Crippen molar-refractivity contribution in [2.24, 2.45) is 0 Å². The number of hydrogen-bond acceptors (Lipinski definition) is 6. The molecular formula is C42H78O6Si3. The van der Waals surface area contributed by atoms with Crippen LogP contribution in [0.2, 0.25) is 54.4 Å². The lowest BCUT2D eigenvalue weighted by Gasteiger charge is -2.28. The number of methoxy groups -OCH3 is 1. The number of ether oxygens (including phenoxy) is 2. The van der Waals surface area contributed by atoms with Gasteiger partial charge in [0.1, 0.15) is 6.61 Å². The summed E-state index contributed by atoms with van der Waals surface area (Å²) in [5, 5.41) is 0. The van der Waals surface area contributed by atoms with Gasteiger partial charge in [-0.3, -0.25) is 4.79 Å². The highest BCUT2D eigenvalue weighted by Crippen LogP contribution is 2.23. The number of ketones is 1. The van der Waals surface area contributed by atoms with Gasteiger partial charge in [0.15, 0.2) is 22.4 Å². The van der Waals surface area contributed by atoms with E-state index in [9.17, 15) is 9.59 Å². The Morgan fingerprint density at radius 2 is 1.00 bits per heavy atom. The zero-order valence-electron chi connectivity index (χ0n) is 35.3. The predicted octanol–water partition coefficient (Wildman–Crippen LogP) is 12.2. The van der Waals surface area contributed by atoms with E-state index < -0.39 is 22.6 Å². The molecular weight excluding hydrogens is 685 g/mol. The summed E-state index contributed by atoms with van der Waals surface area (Å²) in [6.45, 7) is 28.8. The fourth-order valence-electron chi connectivity index (χ4n) is 5.55. The van der Waals surface area contributed by atoms with E-state index in [0.29, 0.717) is 17.7 Å². The second kappa shape index (κ2) is 31.6. The molecule has 0 atom stereocenters. The number of carbonyl (C=O) groups is 2. The Kier molecular flexibility index (Phi) is 31.8. The van der Waals surface area contributed by atoms with Crippen LogP contribution in [0.4, 0.5) is 0 Å². The molecule has 0 aromatic heterocycles. The topological polar surface area (TPSA) is 71.1 Å². The molecule has 0 aliphatic rings. The van der Waals surface area contributed by atoms with Crippen LogP contribution in [0.1, 0.15) is 121 Å². The van der Waals surface area contributed by atoms with Crippen molar-refractivity contribution in [2.75, 3.05) is 26.9 Å². The van der Waals surface area contributed by atoms with Gasteiger partial charge in [0.2, 0.25) is 0 Å². The molecule has 0 N–H and O–H groups in total. The van der Waals surface area contributed by atoms with Gasteiger partial charge in [-0.1, -0.05) is 131 Å². The highest BCUT2D eigenvalue weighted by atomic mass is 28.4. The molecule has 0 saturated heterocycles. The second-order valence-corrected chi connectivity index (χ2v) is 26.9. The van der Waals surface area contributed by atoms with Gasteiger partial charge in [-0.2, -0.15) is 0 Å². The molecule has 294 valence electrons. The predicted molar refractivity (Wildman–Crippen MR) is 228 cm³/mol. The van der Waals surface area contributed by atoms with Gasteiger partial charge in [0.05, 0.1) is 18.8 Å². The van der Waals surface area contributed by atoms with Gasteiger partial charge in [0, 0.05) is 28.1 Å². The van der Waals surface area contributed by atoms with E-state index in [0.717, 1.165) is 26.1 Å². The molecule has 0 amide bonds. The average Bonchev–Trinajstić information content (AvgIpc) is 3.18. The standard InChI is InChI=1S/C15H26OSi.C12H14O4.C9H22OSi.C6H16Si/c1-5-14-9-11-15(12-10-14)13-16-17(6-2,7-3)8-4;1-9(13)10-3-5-11(6-4-10)12(14)16-8-7-15-2;1-5-9-10-11(6-2,7-3)8-4;1-4-7(5-2)6-3/h9-12H,5-8,13H2,1-4H3;3-6H,7-8H2,1-2H3;5-9H2,1-4H3;7H,4-6H2,1-3H3. The molecule has 0 aliphatic heterocycles. The van der Waals surface area contributed by atoms with Crippen molar-refractivity contribution in [3.05, 3.63) is 70.8 Å². The first-order valence-electron chi connectivity index (χ1n) is 20.1. The number of carbonyl (C=O) groups excluding carboxylic acids is 2. The second-order valence-electron chi connectivity index (χ2n) is 13.1. The Balaban J connectivity index is 0. The lowest BCUT2D eigenvalue weighted by molar-refractivity contribution is 0.0388. The number of benzene rings is 2. The molecule has 51 heavy (non-hydrogen) atoms. The Labute approximate surface area is 318 Å². The van der Waals surface area contributed by atoms with Crippen LogP contribution in [-0.4, -0.2) is 64.1 Å². The number of hydrogen-bond donors (Lipinski definition) is 0. The normalized spacial score (nSPS) is 11.0. The summed E-state index contributed by atoms with van der Waals surface area (Å²) in [4.78, 5) is 22.4. The molecule has 2 aromatic rings. The number of rotatable bonds is 21. The van der Waals surface area contributed by atoms with Crippen molar-refractivity contribution >= 4 is 37.2 Å². The minimum atomic E-state index is -1.42. The monoisotopic (exact) mass is 763 g/mol. The van der Waals surface area contributed by atoms with E-state index in [-0.39, 0.29) is 21.2 Å².